The van der Waals surface area contributed by atoms with Crippen molar-refractivity contribution in [2.75, 3.05) is 64.0 Å². The van der Waals surface area contributed by atoms with Gasteiger partial charge in [-0.1, -0.05) is 0 Å². The van der Waals surface area contributed by atoms with E-state index in [4.69, 9.17) is 10.5 Å². The number of ether oxygens (including phenoxy) is 1. The van der Waals surface area contributed by atoms with Crippen molar-refractivity contribution in [2.45, 2.75) is 70.0 Å². The first-order valence-corrected chi connectivity index (χ1v) is 17.4. The van der Waals surface area contributed by atoms with Crippen LogP contribution in [0.3, 0.4) is 0 Å². The molecule has 2 aromatic carbocycles. The van der Waals surface area contributed by atoms with Gasteiger partial charge in [-0.3, -0.25) is 9.69 Å². The molecule has 48 heavy (non-hydrogen) atoms. The molecular weight excluding hydrogens is 619 g/mol. The Labute approximate surface area is 280 Å². The zero-order valence-electron chi connectivity index (χ0n) is 28.0. The molecule has 3 aromatic rings. The molecule has 1 atom stereocenters. The maximum Gasteiger partial charge on any atom is 0.416 e. The van der Waals surface area contributed by atoms with Crippen LogP contribution in [-0.2, 0) is 11.0 Å². The van der Waals surface area contributed by atoms with E-state index in [1.807, 2.05) is 12.1 Å². The van der Waals surface area contributed by atoms with Gasteiger partial charge in [-0.05, 0) is 119 Å². The largest absolute Gasteiger partial charge is 0.496 e. The minimum atomic E-state index is -4.50. The van der Waals surface area contributed by atoms with Gasteiger partial charge < -0.3 is 26.0 Å². The van der Waals surface area contributed by atoms with Crippen LogP contribution in [0.15, 0.2) is 36.7 Å². The van der Waals surface area contributed by atoms with Gasteiger partial charge in [0.25, 0.3) is 0 Å². The SMILES string of the molecule is COc1cc2ncnc(N[C@H](C)c3cc(N)cc(C(F)(F)F)c3)c2cc1C1CCC(C(=O)N2CCN(CCC3CCNCC3)CC2)CC1. The Morgan fingerprint density at radius 1 is 1.02 bits per heavy atom. The molecule has 12 heteroatoms. The number of hydrogen-bond acceptors (Lipinski definition) is 8. The smallest absolute Gasteiger partial charge is 0.416 e. The number of carbonyl (C=O) groups is 1. The number of nitrogen functional groups attached to an aromatic ring is 1. The molecule has 0 unspecified atom stereocenters. The molecule has 4 N–H and O–H groups in total. The lowest BCUT2D eigenvalue weighted by molar-refractivity contribution is -0.138. The van der Waals surface area contributed by atoms with Crippen LogP contribution in [0.2, 0.25) is 0 Å². The zero-order chi connectivity index (χ0) is 33.8. The van der Waals surface area contributed by atoms with E-state index in [1.165, 1.54) is 25.6 Å². The maximum atomic E-state index is 13.5. The number of methoxy groups -OCH3 is 1. The predicted molar refractivity (Wildman–Crippen MR) is 182 cm³/mol. The highest BCUT2D eigenvalue weighted by molar-refractivity contribution is 5.91. The first-order chi connectivity index (χ1) is 23.1. The fourth-order valence-electron chi connectivity index (χ4n) is 7.73. The number of carbonyl (C=O) groups excluding carboxylic acids is 1. The Balaban J connectivity index is 1.09. The minimum absolute atomic E-state index is 0.0373. The number of aromatic nitrogens is 2. The molecule has 260 valence electrons. The molecule has 1 amide bonds. The number of nitrogens with two attached hydrogens (primary N) is 1. The van der Waals surface area contributed by atoms with Crippen molar-refractivity contribution in [2.24, 2.45) is 11.8 Å². The van der Waals surface area contributed by atoms with Crippen LogP contribution in [0.4, 0.5) is 24.7 Å². The number of rotatable bonds is 9. The van der Waals surface area contributed by atoms with Crippen molar-refractivity contribution in [3.05, 3.63) is 53.3 Å². The molecule has 2 saturated heterocycles. The first-order valence-electron chi connectivity index (χ1n) is 17.4. The van der Waals surface area contributed by atoms with Crippen molar-refractivity contribution in [3.63, 3.8) is 0 Å². The number of fused-ring (bicyclic) bond motifs is 1. The summed E-state index contributed by atoms with van der Waals surface area (Å²) in [6.07, 6.45) is 4.12. The fraction of sp³-hybridized carbons (Fsp3) is 0.583. The molecule has 3 fully saturated rings. The molecule has 1 saturated carbocycles. The Morgan fingerprint density at radius 3 is 2.44 bits per heavy atom. The quantitative estimate of drug-likeness (QED) is 0.231. The summed E-state index contributed by atoms with van der Waals surface area (Å²) in [4.78, 5) is 27.1. The molecule has 1 aliphatic carbocycles. The Bertz CT molecular complexity index is 1560. The fourth-order valence-corrected chi connectivity index (χ4v) is 7.73. The van der Waals surface area contributed by atoms with Gasteiger partial charge in [0.05, 0.1) is 24.2 Å². The Morgan fingerprint density at radius 2 is 1.75 bits per heavy atom. The second kappa shape index (κ2) is 14.9. The van der Waals surface area contributed by atoms with Gasteiger partial charge in [0, 0.05) is 49.2 Å². The number of nitrogens with zero attached hydrogens (tertiary/aromatic N) is 4. The van der Waals surface area contributed by atoms with E-state index >= 15 is 0 Å². The van der Waals surface area contributed by atoms with Crippen molar-refractivity contribution >= 4 is 28.3 Å². The lowest BCUT2D eigenvalue weighted by Crippen LogP contribution is -2.51. The summed E-state index contributed by atoms with van der Waals surface area (Å²) < 4.78 is 46.2. The molecule has 3 aliphatic rings. The normalized spacial score (nSPS) is 22.1. The summed E-state index contributed by atoms with van der Waals surface area (Å²) in [7, 11) is 1.65. The average molecular weight is 668 g/mol. The molecule has 3 heterocycles. The van der Waals surface area contributed by atoms with E-state index < -0.39 is 17.8 Å². The first kappa shape index (κ1) is 34.2. The number of amides is 1. The summed E-state index contributed by atoms with van der Waals surface area (Å²) >= 11 is 0. The molecule has 9 nitrogen and oxygen atoms in total. The van der Waals surface area contributed by atoms with Crippen molar-refractivity contribution in [3.8, 4) is 5.75 Å². The number of nitrogens with one attached hydrogen (secondary N) is 2. The summed E-state index contributed by atoms with van der Waals surface area (Å²) in [5.41, 5.74) is 7.20. The molecule has 1 aromatic heterocycles. The van der Waals surface area contributed by atoms with Gasteiger partial charge in [-0.25, -0.2) is 9.97 Å². The van der Waals surface area contributed by atoms with Crippen molar-refractivity contribution < 1.29 is 22.7 Å². The van der Waals surface area contributed by atoms with Gasteiger partial charge in [-0.2, -0.15) is 13.2 Å². The van der Waals surface area contributed by atoms with Crippen LogP contribution in [0, 0.1) is 11.8 Å². The molecule has 0 radical (unpaired) electrons. The number of hydrogen-bond donors (Lipinski definition) is 3. The second-order valence-corrected chi connectivity index (χ2v) is 13.8. The van der Waals surface area contributed by atoms with Crippen LogP contribution in [0.1, 0.15) is 80.5 Å². The zero-order valence-corrected chi connectivity index (χ0v) is 28.0. The van der Waals surface area contributed by atoms with Gasteiger partial charge in [0.15, 0.2) is 0 Å². The molecule has 0 spiro atoms. The van der Waals surface area contributed by atoms with Gasteiger partial charge in [0.1, 0.15) is 17.9 Å². The summed E-state index contributed by atoms with van der Waals surface area (Å²) in [6.45, 7) is 8.72. The topological polar surface area (TPSA) is 109 Å². The lowest BCUT2D eigenvalue weighted by Gasteiger charge is -2.38. The van der Waals surface area contributed by atoms with Crippen LogP contribution in [-0.4, -0.2) is 78.6 Å². The number of piperazine rings is 1. The number of anilines is 2. The summed E-state index contributed by atoms with van der Waals surface area (Å²) in [5.74, 6) is 2.61. The Kier molecular flexibility index (Phi) is 10.6. The van der Waals surface area contributed by atoms with Crippen molar-refractivity contribution in [1.29, 1.82) is 0 Å². The van der Waals surface area contributed by atoms with E-state index in [2.05, 4.69) is 30.4 Å². The number of benzene rings is 2. The van der Waals surface area contributed by atoms with Crippen molar-refractivity contribution in [1.82, 2.24) is 25.1 Å². The minimum Gasteiger partial charge on any atom is -0.496 e. The van der Waals surface area contributed by atoms with Crippen LogP contribution in [0.5, 0.6) is 5.75 Å². The number of piperidine rings is 1. The maximum absolute atomic E-state index is 13.5. The second-order valence-electron chi connectivity index (χ2n) is 13.8. The van der Waals surface area contributed by atoms with Crippen LogP contribution >= 0.6 is 0 Å². The molecule has 6 rings (SSSR count). The van der Waals surface area contributed by atoms with E-state index in [0.717, 1.165) is 106 Å². The van der Waals surface area contributed by atoms with Crippen LogP contribution < -0.4 is 21.1 Å². The molecular formula is C36H48F3N7O2. The summed E-state index contributed by atoms with van der Waals surface area (Å²) in [5, 5.41) is 7.49. The number of halogens is 3. The van der Waals surface area contributed by atoms with Crippen LogP contribution in [0.25, 0.3) is 10.9 Å². The average Bonchev–Trinajstić information content (AvgIpc) is 3.10. The highest BCUT2D eigenvalue weighted by Gasteiger charge is 2.34. The van der Waals surface area contributed by atoms with Gasteiger partial charge >= 0.3 is 6.18 Å². The van der Waals surface area contributed by atoms with E-state index in [0.29, 0.717) is 22.8 Å². The number of alkyl halides is 3. The predicted octanol–water partition coefficient (Wildman–Crippen LogP) is 6.22. The van der Waals surface area contributed by atoms with Gasteiger partial charge in [-0.15, -0.1) is 0 Å². The summed E-state index contributed by atoms with van der Waals surface area (Å²) in [6, 6.07) is 7.03. The lowest BCUT2D eigenvalue weighted by atomic mass is 9.77. The third kappa shape index (κ3) is 7.97. The Hall–Kier alpha value is -3.64. The third-order valence-corrected chi connectivity index (χ3v) is 10.7. The van der Waals surface area contributed by atoms with E-state index in [9.17, 15) is 18.0 Å². The van der Waals surface area contributed by atoms with Gasteiger partial charge in [0.2, 0.25) is 5.91 Å². The third-order valence-electron chi connectivity index (χ3n) is 10.7. The molecule has 0 bridgehead atoms. The molecule has 2 aliphatic heterocycles. The standard InChI is InChI=1S/C36H48F3N7O2/c1-23(27-17-28(36(37,38)39)19-29(40)18-27)44-34-31-20-30(33(48-2)21-32(31)42-22-43-34)25-3-5-26(6-4-25)35(47)46-15-13-45(14-16-46)12-9-24-7-10-41-11-8-24/h17-26,41H,3-16,40H2,1-2H3,(H,42,43,44)/t23-,25?,26?/m1/s1. The van der Waals surface area contributed by atoms with E-state index in [-0.39, 0.29) is 17.5 Å². The van der Waals surface area contributed by atoms with E-state index in [1.54, 1.807) is 20.1 Å². The highest BCUT2D eigenvalue weighted by Crippen LogP contribution is 2.42. The highest BCUT2D eigenvalue weighted by atomic mass is 19.4. The monoisotopic (exact) mass is 667 g/mol.